The highest BCUT2D eigenvalue weighted by Gasteiger charge is 2.57. The van der Waals surface area contributed by atoms with Crippen LogP contribution in [0.1, 0.15) is 5.56 Å². The number of para-hydroxylation sites is 1. The fourth-order valence-corrected chi connectivity index (χ4v) is 4.83. The summed E-state index contributed by atoms with van der Waals surface area (Å²) in [7, 11) is 3.45. The molecule has 2 aliphatic heterocycles. The third kappa shape index (κ3) is 5.49. The van der Waals surface area contributed by atoms with E-state index in [9.17, 15) is 23.4 Å². The number of fused-ring (bicyclic) bond motifs is 1. The Morgan fingerprint density at radius 3 is 2.29 bits per heavy atom. The molecule has 7 nitrogen and oxygen atoms in total. The number of ether oxygens (including phenoxy) is 3. The molecule has 0 radical (unpaired) electrons. The summed E-state index contributed by atoms with van der Waals surface area (Å²) in [5.41, 5.74) is -0.379. The normalized spacial score (nSPS) is 27.6. The van der Waals surface area contributed by atoms with Gasteiger partial charge < -0.3 is 29.3 Å². The average Bonchev–Trinajstić information content (AvgIpc) is 3.23. The SMILES string of the molecule is CN(C)C1=NC2C(OC(C(OCc3ccc(Oc4ccccc4)cc3)C(F)(F)F)C(O)C2O)S1. The molecule has 1 fully saturated rings. The molecular formula is C23H25F3N2O5S. The third-order valence-electron chi connectivity index (χ3n) is 5.42. The fraction of sp³-hybridized carbons (Fsp3) is 0.435. The van der Waals surface area contributed by atoms with E-state index in [2.05, 4.69) is 4.99 Å². The molecule has 0 amide bonds. The van der Waals surface area contributed by atoms with E-state index >= 15 is 0 Å². The van der Waals surface area contributed by atoms with Gasteiger partial charge in [-0.25, -0.2) is 0 Å². The quantitative estimate of drug-likeness (QED) is 0.632. The molecule has 184 valence electrons. The number of aliphatic imine (C=N–C) groups is 1. The molecule has 2 aromatic rings. The third-order valence-corrected chi connectivity index (χ3v) is 6.73. The molecule has 0 saturated carbocycles. The number of halogens is 3. The zero-order valence-electron chi connectivity index (χ0n) is 18.4. The minimum absolute atomic E-state index is 0.376. The molecule has 6 atom stereocenters. The maximum atomic E-state index is 13.9. The lowest BCUT2D eigenvalue weighted by atomic mass is 9.94. The molecular weight excluding hydrogens is 473 g/mol. The zero-order chi connectivity index (χ0) is 24.5. The molecule has 2 aliphatic rings. The molecule has 0 spiro atoms. The van der Waals surface area contributed by atoms with Gasteiger partial charge in [0.1, 0.15) is 41.3 Å². The summed E-state index contributed by atoms with van der Waals surface area (Å²) >= 11 is 1.10. The molecule has 6 unspecified atom stereocenters. The second-order valence-corrected chi connectivity index (χ2v) is 9.26. The summed E-state index contributed by atoms with van der Waals surface area (Å²) in [6.07, 6.45) is -12.4. The Morgan fingerprint density at radius 2 is 1.68 bits per heavy atom. The van der Waals surface area contributed by atoms with Gasteiger partial charge in [-0.05, 0) is 29.8 Å². The van der Waals surface area contributed by atoms with Crippen molar-refractivity contribution in [1.82, 2.24) is 4.90 Å². The number of aliphatic hydroxyl groups is 2. The highest BCUT2D eigenvalue weighted by atomic mass is 32.2. The Bertz CT molecular complexity index is 990. The van der Waals surface area contributed by atoms with Crippen molar-refractivity contribution >= 4 is 16.9 Å². The molecule has 2 N–H and O–H groups in total. The number of aliphatic hydroxyl groups excluding tert-OH is 2. The number of hydrogen-bond acceptors (Lipinski definition) is 8. The van der Waals surface area contributed by atoms with Crippen LogP contribution in [0.2, 0.25) is 0 Å². The van der Waals surface area contributed by atoms with Gasteiger partial charge in [0.2, 0.25) is 0 Å². The van der Waals surface area contributed by atoms with Gasteiger partial charge in [-0.3, -0.25) is 4.99 Å². The maximum absolute atomic E-state index is 13.9. The lowest BCUT2D eigenvalue weighted by Gasteiger charge is -2.41. The Labute approximate surface area is 199 Å². The van der Waals surface area contributed by atoms with Gasteiger partial charge in [-0.15, -0.1) is 0 Å². The van der Waals surface area contributed by atoms with E-state index in [1.807, 2.05) is 18.2 Å². The monoisotopic (exact) mass is 498 g/mol. The Morgan fingerprint density at radius 1 is 1.03 bits per heavy atom. The first-order valence-electron chi connectivity index (χ1n) is 10.6. The summed E-state index contributed by atoms with van der Waals surface area (Å²) in [5, 5.41) is 21.4. The highest BCUT2D eigenvalue weighted by molar-refractivity contribution is 8.14. The van der Waals surface area contributed by atoms with Crippen molar-refractivity contribution in [2.45, 2.75) is 48.7 Å². The molecule has 4 rings (SSSR count). The van der Waals surface area contributed by atoms with Crippen LogP contribution < -0.4 is 4.74 Å². The number of benzene rings is 2. The van der Waals surface area contributed by atoms with Crippen LogP contribution in [-0.4, -0.2) is 76.4 Å². The first kappa shape index (κ1) is 24.8. The second-order valence-electron chi connectivity index (χ2n) is 8.20. The summed E-state index contributed by atoms with van der Waals surface area (Å²) in [5.74, 6) is 1.16. The first-order valence-corrected chi connectivity index (χ1v) is 11.4. The van der Waals surface area contributed by atoms with Gasteiger partial charge in [0.25, 0.3) is 0 Å². The lowest BCUT2D eigenvalue weighted by Crippen LogP contribution is -2.61. The number of alkyl halides is 3. The smallest absolute Gasteiger partial charge is 0.417 e. The number of rotatable bonds is 6. The van der Waals surface area contributed by atoms with Crippen molar-refractivity contribution in [3.63, 3.8) is 0 Å². The summed E-state index contributed by atoms with van der Waals surface area (Å²) in [4.78, 5) is 5.94. The number of thioether (sulfide) groups is 1. The van der Waals surface area contributed by atoms with Gasteiger partial charge >= 0.3 is 6.18 Å². The Balaban J connectivity index is 1.43. The molecule has 0 bridgehead atoms. The standard InChI is InChI=1S/C23H25F3N2O5S/c1-28(2)22-27-16-17(29)18(30)19(33-21(16)34-22)20(23(24,25)26)31-12-13-8-10-15(11-9-13)32-14-6-4-3-5-7-14/h3-11,16-21,29-30H,12H2,1-2H3. The van der Waals surface area contributed by atoms with E-state index in [1.54, 1.807) is 55.4 Å². The van der Waals surface area contributed by atoms with Crippen molar-refractivity contribution in [3.05, 3.63) is 60.2 Å². The first-order chi connectivity index (χ1) is 16.1. The van der Waals surface area contributed by atoms with E-state index in [-0.39, 0.29) is 6.61 Å². The predicted molar refractivity (Wildman–Crippen MR) is 121 cm³/mol. The van der Waals surface area contributed by atoms with Crippen LogP contribution in [0.3, 0.4) is 0 Å². The van der Waals surface area contributed by atoms with Crippen molar-refractivity contribution < 1.29 is 37.6 Å². The van der Waals surface area contributed by atoms with Crippen LogP contribution >= 0.6 is 11.8 Å². The number of amidine groups is 1. The maximum Gasteiger partial charge on any atom is 0.417 e. The van der Waals surface area contributed by atoms with Crippen molar-refractivity contribution in [3.8, 4) is 11.5 Å². The minimum atomic E-state index is -4.83. The molecule has 2 aromatic carbocycles. The zero-order valence-corrected chi connectivity index (χ0v) is 19.2. The van der Waals surface area contributed by atoms with Crippen LogP contribution in [0.25, 0.3) is 0 Å². The Hall–Kier alpha value is -2.31. The second kappa shape index (κ2) is 10.1. The van der Waals surface area contributed by atoms with Gasteiger partial charge in [-0.1, -0.05) is 42.1 Å². The van der Waals surface area contributed by atoms with E-state index in [0.29, 0.717) is 22.2 Å². The van der Waals surface area contributed by atoms with Crippen LogP contribution in [0.4, 0.5) is 13.2 Å². The minimum Gasteiger partial charge on any atom is -0.457 e. The molecule has 34 heavy (non-hydrogen) atoms. The van der Waals surface area contributed by atoms with Crippen molar-refractivity contribution in [2.24, 2.45) is 4.99 Å². The van der Waals surface area contributed by atoms with E-state index in [0.717, 1.165) is 11.8 Å². The molecule has 0 aromatic heterocycles. The van der Waals surface area contributed by atoms with Gasteiger partial charge in [0.05, 0.1) is 6.61 Å². The van der Waals surface area contributed by atoms with Gasteiger partial charge in [0.15, 0.2) is 11.3 Å². The van der Waals surface area contributed by atoms with Gasteiger partial charge in [0, 0.05) is 14.1 Å². The van der Waals surface area contributed by atoms with Gasteiger partial charge in [-0.2, -0.15) is 13.2 Å². The highest BCUT2D eigenvalue weighted by Crippen LogP contribution is 2.41. The topological polar surface area (TPSA) is 83.8 Å². The van der Waals surface area contributed by atoms with Crippen LogP contribution in [0.15, 0.2) is 59.6 Å². The molecule has 11 heteroatoms. The summed E-state index contributed by atoms with van der Waals surface area (Å²) < 4.78 is 58.2. The summed E-state index contributed by atoms with van der Waals surface area (Å²) in [6.45, 7) is -0.376. The lowest BCUT2D eigenvalue weighted by molar-refractivity contribution is -0.286. The predicted octanol–water partition coefficient (Wildman–Crippen LogP) is 3.41. The fourth-order valence-electron chi connectivity index (χ4n) is 3.68. The van der Waals surface area contributed by atoms with Crippen LogP contribution in [-0.2, 0) is 16.1 Å². The molecule has 2 heterocycles. The van der Waals surface area contributed by atoms with Crippen molar-refractivity contribution in [1.29, 1.82) is 0 Å². The molecule has 1 saturated heterocycles. The van der Waals surface area contributed by atoms with Crippen LogP contribution in [0, 0.1) is 0 Å². The van der Waals surface area contributed by atoms with E-state index < -0.39 is 42.1 Å². The van der Waals surface area contributed by atoms with Crippen LogP contribution in [0.5, 0.6) is 11.5 Å². The number of nitrogens with zero attached hydrogens (tertiary/aromatic N) is 2. The largest absolute Gasteiger partial charge is 0.457 e. The average molecular weight is 499 g/mol. The molecule has 0 aliphatic carbocycles. The van der Waals surface area contributed by atoms with E-state index in [4.69, 9.17) is 14.2 Å². The Kier molecular flexibility index (Phi) is 7.39. The number of hydrogen-bond donors (Lipinski definition) is 2. The van der Waals surface area contributed by atoms with Crippen molar-refractivity contribution in [2.75, 3.05) is 14.1 Å². The van der Waals surface area contributed by atoms with E-state index in [1.165, 1.54) is 0 Å². The summed E-state index contributed by atoms with van der Waals surface area (Å²) in [6, 6.07) is 14.7.